The molecule has 0 radical (unpaired) electrons. The Morgan fingerprint density at radius 3 is 1.82 bits per heavy atom. The summed E-state index contributed by atoms with van der Waals surface area (Å²) < 4.78 is 22.5. The lowest BCUT2D eigenvalue weighted by atomic mass is 9.79. The van der Waals surface area contributed by atoms with Crippen LogP contribution in [-0.2, 0) is 31.8 Å². The molecule has 5 heterocycles. The van der Waals surface area contributed by atoms with E-state index in [0.717, 1.165) is 36.3 Å². The Hall–Kier alpha value is -2.44. The zero-order chi connectivity index (χ0) is 35.1. The fourth-order valence-electron chi connectivity index (χ4n) is 8.50. The van der Waals surface area contributed by atoms with Crippen LogP contribution in [-0.4, -0.2) is 148 Å². The second-order valence-corrected chi connectivity index (χ2v) is 14.2. The monoisotopic (exact) mass is 702 g/mol. The van der Waals surface area contributed by atoms with E-state index in [-0.39, 0.29) is 19.3 Å². The number of ether oxygens (including phenoxy) is 4. The van der Waals surface area contributed by atoms with Gasteiger partial charge in [0.25, 0.3) is 0 Å². The van der Waals surface area contributed by atoms with E-state index in [4.69, 9.17) is 18.9 Å². The van der Waals surface area contributed by atoms with Crippen molar-refractivity contribution in [3.05, 3.63) is 59.2 Å². The molecule has 0 saturated carbocycles. The van der Waals surface area contributed by atoms with Crippen LogP contribution in [0.1, 0.15) is 42.0 Å². The van der Waals surface area contributed by atoms with Gasteiger partial charge in [-0.25, -0.2) is 0 Å². The molecule has 276 valence electrons. The third-order valence-electron chi connectivity index (χ3n) is 11.2. The van der Waals surface area contributed by atoms with Gasteiger partial charge in [-0.15, -0.1) is 0 Å². The van der Waals surface area contributed by atoms with Gasteiger partial charge in [-0.1, -0.05) is 24.3 Å². The maximum atomic E-state index is 10.4. The lowest BCUT2D eigenvalue weighted by Crippen LogP contribution is -2.59. The quantitative estimate of drug-likeness (QED) is 0.141. The van der Waals surface area contributed by atoms with Crippen molar-refractivity contribution in [2.24, 2.45) is 5.92 Å². The first kappa shape index (κ1) is 35.9. The molecule has 13 atom stereocenters. The first-order valence-electron chi connectivity index (χ1n) is 17.8. The highest BCUT2D eigenvalue weighted by atomic mass is 16.7. The van der Waals surface area contributed by atoms with Gasteiger partial charge in [0.15, 0.2) is 12.6 Å². The van der Waals surface area contributed by atoms with Gasteiger partial charge in [0.1, 0.15) is 48.8 Å². The van der Waals surface area contributed by atoms with E-state index in [1.807, 2.05) is 0 Å². The summed E-state index contributed by atoms with van der Waals surface area (Å²) in [5, 5.41) is 79.8. The Morgan fingerprint density at radius 2 is 1.22 bits per heavy atom. The number of rotatable bonds is 11. The molecule has 4 fully saturated rings. The second-order valence-electron chi connectivity index (χ2n) is 14.2. The Kier molecular flexibility index (Phi) is 11.0. The smallest absolute Gasteiger partial charge is 0.186 e. The molecular weight excluding hydrogens is 652 g/mol. The van der Waals surface area contributed by atoms with Crippen LogP contribution in [0.25, 0.3) is 0 Å². The van der Waals surface area contributed by atoms with E-state index in [1.54, 1.807) is 0 Å². The molecule has 13 unspecified atom stereocenters. The van der Waals surface area contributed by atoms with Gasteiger partial charge < -0.3 is 69.6 Å². The Labute approximate surface area is 291 Å². The summed E-state index contributed by atoms with van der Waals surface area (Å²) in [5.74, 6) is 0.606. The summed E-state index contributed by atoms with van der Waals surface area (Å²) in [6.45, 7) is 1.37. The molecule has 2 aromatic carbocycles. The van der Waals surface area contributed by atoms with E-state index in [9.17, 15) is 40.9 Å². The van der Waals surface area contributed by atoms with Crippen molar-refractivity contribution in [2.75, 3.05) is 49.3 Å². The zero-order valence-corrected chi connectivity index (χ0v) is 27.9. The third-order valence-corrected chi connectivity index (χ3v) is 11.2. The van der Waals surface area contributed by atoms with Crippen LogP contribution in [0.3, 0.4) is 0 Å². The van der Waals surface area contributed by atoms with Gasteiger partial charge in [-0.2, -0.15) is 0 Å². The van der Waals surface area contributed by atoms with Gasteiger partial charge >= 0.3 is 0 Å². The number of piperidine rings is 2. The maximum absolute atomic E-state index is 10.4. The molecule has 7 rings (SSSR count). The lowest BCUT2D eigenvalue weighted by molar-refractivity contribution is -0.300. The minimum absolute atomic E-state index is 0.177. The summed E-state index contributed by atoms with van der Waals surface area (Å²) >= 11 is 0. The van der Waals surface area contributed by atoms with Crippen molar-refractivity contribution in [3.63, 3.8) is 0 Å². The molecule has 0 bridgehead atoms. The number of hydrogen-bond donors (Lipinski definition) is 8. The van der Waals surface area contributed by atoms with Gasteiger partial charge in [-0.3, -0.25) is 0 Å². The molecule has 0 aromatic heterocycles. The van der Waals surface area contributed by atoms with Crippen LogP contribution in [0.15, 0.2) is 42.5 Å². The number of aliphatic hydroxyl groups is 8. The minimum Gasteiger partial charge on any atom is -0.394 e. The molecule has 5 aliphatic rings. The summed E-state index contributed by atoms with van der Waals surface area (Å²) in [4.78, 5) is 5.09. The van der Waals surface area contributed by atoms with Crippen molar-refractivity contribution in [1.82, 2.24) is 0 Å². The Bertz CT molecular complexity index is 1430. The normalized spacial score (nSPS) is 38.2. The summed E-state index contributed by atoms with van der Waals surface area (Å²) in [5.41, 5.74) is 5.77. The number of nitrogens with zero attached hydrogens (tertiary/aromatic N) is 2. The first-order chi connectivity index (χ1) is 24.2. The van der Waals surface area contributed by atoms with Crippen LogP contribution in [0, 0.1) is 5.92 Å². The van der Waals surface area contributed by atoms with E-state index in [0.29, 0.717) is 24.8 Å². The standard InChI is InChI=1S/C36H50N2O12/c39-17-25-29(41)31(43)33(45)35(49-25)47-14-10-19-3-6-22(7-4-19)37-13-9-21-2-1-12-38-24-8-5-20(16-23(24)28(37)27(21)38)11-15-48-36-34(46)32(44)30(42)26(18-40)50-36/h3-8,16,21,25-36,39-46H,1-2,9-15,17-18H2. The van der Waals surface area contributed by atoms with Crippen molar-refractivity contribution >= 4 is 11.4 Å². The van der Waals surface area contributed by atoms with Crippen molar-refractivity contribution in [1.29, 1.82) is 0 Å². The van der Waals surface area contributed by atoms with Crippen molar-refractivity contribution < 1.29 is 59.8 Å². The van der Waals surface area contributed by atoms with Crippen LogP contribution in [0.5, 0.6) is 0 Å². The predicted molar refractivity (Wildman–Crippen MR) is 178 cm³/mol. The Morgan fingerprint density at radius 1 is 0.640 bits per heavy atom. The molecule has 0 amide bonds. The lowest BCUT2D eigenvalue weighted by Gasteiger charge is -2.49. The molecule has 14 nitrogen and oxygen atoms in total. The maximum Gasteiger partial charge on any atom is 0.186 e. The highest BCUT2D eigenvalue weighted by molar-refractivity contribution is 5.67. The molecular formula is C36H50N2O12. The topological polar surface area (TPSA) is 205 Å². The van der Waals surface area contributed by atoms with Gasteiger partial charge in [0.2, 0.25) is 0 Å². The van der Waals surface area contributed by atoms with Crippen molar-refractivity contribution in [2.45, 2.75) is 106 Å². The Balaban J connectivity index is 1.01. The van der Waals surface area contributed by atoms with Gasteiger partial charge in [0.05, 0.1) is 38.5 Å². The number of anilines is 2. The second kappa shape index (κ2) is 15.3. The number of hydrogen-bond acceptors (Lipinski definition) is 14. The van der Waals surface area contributed by atoms with E-state index >= 15 is 0 Å². The molecule has 0 aliphatic carbocycles. The number of benzene rings is 2. The summed E-state index contributed by atoms with van der Waals surface area (Å²) in [6, 6.07) is 15.5. The molecule has 5 aliphatic heterocycles. The minimum atomic E-state index is -1.48. The summed E-state index contributed by atoms with van der Waals surface area (Å²) in [6.07, 6.45) is -8.44. The molecule has 2 aromatic rings. The van der Waals surface area contributed by atoms with Gasteiger partial charge in [-0.05, 0) is 67.3 Å². The van der Waals surface area contributed by atoms with Crippen LogP contribution in [0.2, 0.25) is 0 Å². The number of fused-ring (bicyclic) bond motifs is 3. The van der Waals surface area contributed by atoms with Gasteiger partial charge in [0, 0.05) is 30.0 Å². The fraction of sp³-hybridized carbons (Fsp3) is 0.667. The molecule has 8 N–H and O–H groups in total. The van der Waals surface area contributed by atoms with E-state index in [2.05, 4.69) is 52.3 Å². The van der Waals surface area contributed by atoms with E-state index < -0.39 is 74.6 Å². The van der Waals surface area contributed by atoms with Crippen LogP contribution in [0.4, 0.5) is 11.4 Å². The van der Waals surface area contributed by atoms with E-state index in [1.165, 1.54) is 24.1 Å². The number of aliphatic hydroxyl groups excluding tert-OH is 8. The molecule has 14 heteroatoms. The van der Waals surface area contributed by atoms with Crippen LogP contribution < -0.4 is 9.80 Å². The average molecular weight is 703 g/mol. The highest BCUT2D eigenvalue weighted by Gasteiger charge is 2.50. The predicted octanol–water partition coefficient (Wildman–Crippen LogP) is -1.05. The van der Waals surface area contributed by atoms with Crippen molar-refractivity contribution in [3.8, 4) is 0 Å². The first-order valence-corrected chi connectivity index (χ1v) is 17.8. The average Bonchev–Trinajstić information content (AvgIpc) is 3.47. The fourth-order valence-corrected chi connectivity index (χ4v) is 8.50. The molecule has 0 spiro atoms. The highest BCUT2D eigenvalue weighted by Crippen LogP contribution is 2.53. The SMILES string of the molecule is OCC1OC(OCCc2ccc(N3CCC4CCCN5c6ccc(CCOC7OC(CO)C(O)C(O)C7O)cc6C3C45)cc2)C(O)C(O)C1O. The zero-order valence-electron chi connectivity index (χ0n) is 27.9. The largest absolute Gasteiger partial charge is 0.394 e. The van der Waals surface area contributed by atoms with Crippen LogP contribution >= 0.6 is 0 Å². The molecule has 4 saturated heterocycles. The molecule has 50 heavy (non-hydrogen) atoms. The summed E-state index contributed by atoms with van der Waals surface area (Å²) in [7, 11) is 0. The third kappa shape index (κ3) is 6.77.